The summed E-state index contributed by atoms with van der Waals surface area (Å²) in [5, 5.41) is 0. The topological polar surface area (TPSA) is 40.6 Å². The summed E-state index contributed by atoms with van der Waals surface area (Å²) in [6.07, 6.45) is 38.1. The number of rotatable bonds is 38. The fourth-order valence-corrected chi connectivity index (χ4v) is 13.3. The Kier molecular flexibility index (Phi) is 25.5. The Balaban J connectivity index is 1.24. The van der Waals surface area contributed by atoms with Gasteiger partial charge in [0.25, 0.3) is 11.8 Å². The van der Waals surface area contributed by atoms with Gasteiger partial charge in [-0.05, 0) is 96.9 Å². The van der Waals surface area contributed by atoms with Gasteiger partial charge in [-0.25, -0.2) is 0 Å². The highest BCUT2D eigenvalue weighted by Gasteiger charge is 2.50. The molecule has 2 atom stereocenters. The van der Waals surface area contributed by atoms with Crippen LogP contribution >= 0.6 is 22.7 Å². The quantitative estimate of drug-likeness (QED) is 0.0420. The smallest absolute Gasteiger partial charge is 0.261 e. The van der Waals surface area contributed by atoms with Crippen molar-refractivity contribution in [2.75, 3.05) is 13.1 Å². The number of aryl methyl sites for hydroxylation is 2. The molecule has 2 amide bonds. The van der Waals surface area contributed by atoms with E-state index in [0.29, 0.717) is 36.1 Å². The van der Waals surface area contributed by atoms with E-state index in [1.54, 1.807) is 22.7 Å². The van der Waals surface area contributed by atoms with E-state index < -0.39 is 0 Å². The highest BCUT2D eigenvalue weighted by atomic mass is 32.1. The lowest BCUT2D eigenvalue weighted by molar-refractivity contribution is -0.124. The van der Waals surface area contributed by atoms with Crippen molar-refractivity contribution in [3.63, 3.8) is 0 Å². The van der Waals surface area contributed by atoms with E-state index in [2.05, 4.69) is 114 Å². The van der Waals surface area contributed by atoms with Crippen LogP contribution in [-0.4, -0.2) is 34.7 Å². The van der Waals surface area contributed by atoms with Crippen molar-refractivity contribution in [3.8, 4) is 20.9 Å². The summed E-state index contributed by atoms with van der Waals surface area (Å²) in [4.78, 5) is 39.3. The summed E-state index contributed by atoms with van der Waals surface area (Å²) >= 11 is 3.47. The van der Waals surface area contributed by atoms with Crippen LogP contribution < -0.4 is 0 Å². The van der Waals surface area contributed by atoms with Gasteiger partial charge in [0.2, 0.25) is 0 Å². The predicted octanol–water partition coefficient (Wildman–Crippen LogP) is 20.3. The zero-order chi connectivity index (χ0) is 50.9. The van der Waals surface area contributed by atoms with Crippen molar-refractivity contribution in [1.82, 2.24) is 9.80 Å². The van der Waals surface area contributed by atoms with Crippen molar-refractivity contribution in [1.29, 1.82) is 0 Å². The summed E-state index contributed by atoms with van der Waals surface area (Å²) in [7, 11) is 0. The average Bonchev–Trinajstić information content (AvgIpc) is 4.21. The second kappa shape index (κ2) is 31.9. The van der Waals surface area contributed by atoms with Gasteiger partial charge in [0.05, 0.1) is 32.3 Å². The predicted molar refractivity (Wildman–Crippen MR) is 314 cm³/mol. The summed E-state index contributed by atoms with van der Waals surface area (Å²) in [6, 6.07) is 27.2. The molecule has 6 heteroatoms. The minimum absolute atomic E-state index is 0.0000385. The Morgan fingerprint density at radius 1 is 0.361 bits per heavy atom. The number of carbonyl (C=O) groups is 2. The van der Waals surface area contributed by atoms with Crippen LogP contribution in [0.1, 0.15) is 242 Å². The van der Waals surface area contributed by atoms with Gasteiger partial charge in [-0.15, -0.1) is 22.7 Å². The zero-order valence-corrected chi connectivity index (χ0v) is 47.9. The molecule has 0 aliphatic carbocycles. The normalized spacial score (nSPS) is 14.7. The first kappa shape index (κ1) is 57.5. The number of thiophene rings is 2. The van der Waals surface area contributed by atoms with Crippen molar-refractivity contribution in [2.24, 2.45) is 11.8 Å². The molecule has 0 radical (unpaired) electrons. The van der Waals surface area contributed by atoms with Crippen LogP contribution in [0.25, 0.3) is 32.3 Å². The minimum Gasteiger partial charge on any atom is -0.306 e. The third kappa shape index (κ3) is 16.6. The summed E-state index contributed by atoms with van der Waals surface area (Å²) < 4.78 is 0. The van der Waals surface area contributed by atoms with Gasteiger partial charge >= 0.3 is 0 Å². The number of fused-ring (bicyclic) bond motifs is 1. The highest BCUT2D eigenvalue weighted by molar-refractivity contribution is 7.17. The first-order chi connectivity index (χ1) is 35.3. The largest absolute Gasteiger partial charge is 0.306 e. The number of carbonyl (C=O) groups excluding carboxylic acids is 2. The Morgan fingerprint density at radius 2 is 0.667 bits per heavy atom. The molecule has 0 saturated carbocycles. The van der Waals surface area contributed by atoms with Gasteiger partial charge in [0.1, 0.15) is 0 Å². The summed E-state index contributed by atoms with van der Waals surface area (Å²) in [5.41, 5.74) is 8.12. The number of benzene rings is 2. The first-order valence-corrected chi connectivity index (χ1v) is 31.5. The van der Waals surface area contributed by atoms with Gasteiger partial charge in [0.15, 0.2) is 0 Å². The number of hydrogen-bond donors (Lipinski definition) is 0. The molecular formula is C66H96N2O2S2. The van der Waals surface area contributed by atoms with Gasteiger partial charge in [-0.3, -0.25) is 9.59 Å². The Morgan fingerprint density at radius 3 is 0.986 bits per heavy atom. The van der Waals surface area contributed by atoms with E-state index in [9.17, 15) is 0 Å². The van der Waals surface area contributed by atoms with E-state index in [1.165, 1.54) is 160 Å². The second-order valence-electron chi connectivity index (χ2n) is 21.7. The number of hydrogen-bond acceptors (Lipinski definition) is 4. The van der Waals surface area contributed by atoms with Crippen LogP contribution in [0.5, 0.6) is 0 Å². The Hall–Kier alpha value is -3.74. The van der Waals surface area contributed by atoms with E-state index in [1.807, 2.05) is 9.80 Å². The Bertz CT molecular complexity index is 2100. The maximum atomic E-state index is 15.4. The van der Waals surface area contributed by atoms with Crippen LogP contribution in [0.4, 0.5) is 0 Å². The highest BCUT2D eigenvalue weighted by Crippen LogP contribution is 2.50. The number of unbranched alkanes of at least 4 members (excludes halogenated alkanes) is 20. The van der Waals surface area contributed by atoms with Gasteiger partial charge in [0, 0.05) is 22.8 Å². The molecule has 2 aromatic heterocycles. The molecule has 4 nitrogen and oxygen atoms in total. The molecule has 2 aliphatic rings. The lowest BCUT2D eigenvalue weighted by atomic mass is 9.98. The van der Waals surface area contributed by atoms with Crippen molar-refractivity contribution in [3.05, 3.63) is 105 Å². The molecular weight excluding hydrogens is 917 g/mol. The SMILES string of the molecule is CCCCCCCCCCCCc1ccc(-c2ccc(C3=C4C(=O)N(CC(CC)CCCC)C(c5ccc(-c6ccc(CCCCCCCCCCCC)cc6)s5)=C4C(=O)N3CC(CC)CCCC)s2)cc1. The molecule has 394 valence electrons. The molecule has 0 saturated heterocycles. The first-order valence-electron chi connectivity index (χ1n) is 29.9. The van der Waals surface area contributed by atoms with Gasteiger partial charge < -0.3 is 9.80 Å². The molecule has 0 bridgehead atoms. The van der Waals surface area contributed by atoms with Crippen LogP contribution in [0.3, 0.4) is 0 Å². The number of nitrogens with zero attached hydrogens (tertiary/aromatic N) is 2. The zero-order valence-electron chi connectivity index (χ0n) is 46.2. The standard InChI is InChI=1S/C66H96N2O2S2/c1-7-13-17-19-21-23-25-27-29-31-35-53-37-41-55(42-38-53)57-45-47-59(71-57)63-61-62(66(70)67(63)49-51(11-5)33-15-9-3)64(68(65(61)69)50-52(12-6)34-16-10-4)60-48-46-58(72-60)56-43-39-54(40-44-56)36-32-30-28-26-24-22-20-18-14-8-2/h37-48,51-52H,7-36,49-50H2,1-6H3. The van der Waals surface area contributed by atoms with Crippen molar-refractivity contribution >= 4 is 45.9 Å². The third-order valence-corrected chi connectivity index (χ3v) is 18.2. The summed E-state index contributed by atoms with van der Waals surface area (Å²) in [6.45, 7) is 14.9. The van der Waals surface area contributed by atoms with Crippen LogP contribution in [0.2, 0.25) is 0 Å². The molecule has 2 aromatic carbocycles. The van der Waals surface area contributed by atoms with E-state index >= 15 is 9.59 Å². The molecule has 4 heterocycles. The van der Waals surface area contributed by atoms with E-state index in [0.717, 1.165) is 85.4 Å². The molecule has 2 aliphatic heterocycles. The maximum Gasteiger partial charge on any atom is 0.261 e. The lowest BCUT2D eigenvalue weighted by Gasteiger charge is -2.29. The Labute approximate surface area is 447 Å². The van der Waals surface area contributed by atoms with E-state index in [-0.39, 0.29) is 11.8 Å². The maximum absolute atomic E-state index is 15.4. The van der Waals surface area contributed by atoms with Gasteiger partial charge in [-0.2, -0.15) is 0 Å². The van der Waals surface area contributed by atoms with Crippen LogP contribution in [0.15, 0.2) is 83.9 Å². The molecule has 0 N–H and O–H groups in total. The van der Waals surface area contributed by atoms with Crippen LogP contribution in [0, 0.1) is 11.8 Å². The fraction of sp³-hybridized carbons (Fsp3) is 0.606. The molecule has 72 heavy (non-hydrogen) atoms. The number of amides is 2. The monoisotopic (exact) mass is 1010 g/mol. The summed E-state index contributed by atoms with van der Waals surface area (Å²) in [5.74, 6) is 0.724. The van der Waals surface area contributed by atoms with Crippen molar-refractivity contribution < 1.29 is 9.59 Å². The molecule has 2 unspecified atom stereocenters. The fourth-order valence-electron chi connectivity index (χ4n) is 11.2. The van der Waals surface area contributed by atoms with Gasteiger partial charge in [-0.1, -0.05) is 244 Å². The van der Waals surface area contributed by atoms with Crippen molar-refractivity contribution in [2.45, 2.75) is 234 Å². The molecule has 0 fully saturated rings. The molecule has 0 spiro atoms. The molecule has 6 rings (SSSR count). The molecule has 4 aromatic rings. The second-order valence-corrected chi connectivity index (χ2v) is 23.9. The lowest BCUT2D eigenvalue weighted by Crippen LogP contribution is -2.34. The minimum atomic E-state index is -0.0000385. The average molecular weight is 1010 g/mol. The van der Waals surface area contributed by atoms with Crippen LogP contribution in [-0.2, 0) is 22.4 Å². The third-order valence-electron chi connectivity index (χ3n) is 15.9. The van der Waals surface area contributed by atoms with E-state index in [4.69, 9.17) is 0 Å².